The van der Waals surface area contributed by atoms with Crippen molar-refractivity contribution in [1.29, 1.82) is 0 Å². The van der Waals surface area contributed by atoms with Gasteiger partial charge < -0.3 is 15.8 Å². The third-order valence-corrected chi connectivity index (χ3v) is 0.956. The molecule has 0 bridgehead atoms. The standard InChI is InChI=1S/C4H10N2O/c5-4-3-6-1-2-7-4/h4,6H,1-3,5H2/t4-/m0/s1. The first-order chi connectivity index (χ1) is 3.39. The molecule has 1 aliphatic heterocycles. The molecule has 1 fully saturated rings. The highest BCUT2D eigenvalue weighted by molar-refractivity contribution is 4.58. The van der Waals surface area contributed by atoms with Crippen molar-refractivity contribution >= 4 is 0 Å². The van der Waals surface area contributed by atoms with Crippen molar-refractivity contribution in [3.05, 3.63) is 0 Å². The summed E-state index contributed by atoms with van der Waals surface area (Å²) in [5.74, 6) is 0. The molecule has 1 aliphatic rings. The number of morpholine rings is 1. The lowest BCUT2D eigenvalue weighted by Gasteiger charge is -2.18. The largest absolute Gasteiger partial charge is 0.361 e. The van der Waals surface area contributed by atoms with Gasteiger partial charge in [-0.15, -0.1) is 0 Å². The zero-order chi connectivity index (χ0) is 5.11. The van der Waals surface area contributed by atoms with Crippen molar-refractivity contribution in [3.8, 4) is 0 Å². The molecule has 1 heterocycles. The van der Waals surface area contributed by atoms with Crippen molar-refractivity contribution in [2.45, 2.75) is 6.23 Å². The Hall–Kier alpha value is -0.120. The lowest BCUT2D eigenvalue weighted by molar-refractivity contribution is 0.0331. The van der Waals surface area contributed by atoms with Gasteiger partial charge in [0.2, 0.25) is 0 Å². The fourth-order valence-corrected chi connectivity index (χ4v) is 0.586. The second kappa shape index (κ2) is 2.26. The highest BCUT2D eigenvalue weighted by Crippen LogP contribution is 1.84. The van der Waals surface area contributed by atoms with Crippen molar-refractivity contribution in [1.82, 2.24) is 5.32 Å². The Labute approximate surface area is 42.8 Å². The van der Waals surface area contributed by atoms with Crippen molar-refractivity contribution in [2.24, 2.45) is 5.73 Å². The van der Waals surface area contributed by atoms with Gasteiger partial charge in [0, 0.05) is 13.1 Å². The van der Waals surface area contributed by atoms with E-state index in [1.165, 1.54) is 0 Å². The molecule has 3 N–H and O–H groups in total. The van der Waals surface area contributed by atoms with E-state index in [0.29, 0.717) is 0 Å². The molecule has 3 nitrogen and oxygen atoms in total. The monoisotopic (exact) mass is 102 g/mol. The van der Waals surface area contributed by atoms with Crippen LogP contribution in [0.25, 0.3) is 0 Å². The van der Waals surface area contributed by atoms with Crippen LogP contribution in [0.2, 0.25) is 0 Å². The van der Waals surface area contributed by atoms with Gasteiger partial charge in [-0.2, -0.15) is 0 Å². The van der Waals surface area contributed by atoms with Crippen LogP contribution in [0.4, 0.5) is 0 Å². The molecule has 0 aromatic carbocycles. The second-order valence-electron chi connectivity index (χ2n) is 1.61. The fourth-order valence-electron chi connectivity index (χ4n) is 0.586. The molecule has 0 aliphatic carbocycles. The van der Waals surface area contributed by atoms with E-state index in [1.54, 1.807) is 0 Å². The van der Waals surface area contributed by atoms with Crippen LogP contribution in [0.1, 0.15) is 0 Å². The second-order valence-corrected chi connectivity index (χ2v) is 1.61. The Morgan fingerprint density at radius 1 is 1.71 bits per heavy atom. The predicted octanol–water partition coefficient (Wildman–Crippen LogP) is -1.11. The van der Waals surface area contributed by atoms with Crippen LogP contribution in [0, 0.1) is 0 Å². The van der Waals surface area contributed by atoms with Gasteiger partial charge in [0.15, 0.2) is 0 Å². The van der Waals surface area contributed by atoms with Crippen molar-refractivity contribution < 1.29 is 4.74 Å². The normalized spacial score (nSPS) is 33.0. The molecule has 0 aromatic rings. The number of hydrogen-bond acceptors (Lipinski definition) is 3. The Morgan fingerprint density at radius 3 is 2.86 bits per heavy atom. The smallest absolute Gasteiger partial charge is 0.118 e. The summed E-state index contributed by atoms with van der Waals surface area (Å²) in [5.41, 5.74) is 5.35. The third kappa shape index (κ3) is 1.43. The van der Waals surface area contributed by atoms with Crippen LogP contribution in [-0.4, -0.2) is 25.9 Å². The van der Waals surface area contributed by atoms with Gasteiger partial charge >= 0.3 is 0 Å². The molecule has 0 unspecified atom stereocenters. The van der Waals surface area contributed by atoms with Crippen LogP contribution in [-0.2, 0) is 4.74 Å². The molecule has 7 heavy (non-hydrogen) atoms. The maximum Gasteiger partial charge on any atom is 0.118 e. The lowest BCUT2D eigenvalue weighted by Crippen LogP contribution is -2.43. The maximum atomic E-state index is 5.35. The van der Waals surface area contributed by atoms with Gasteiger partial charge in [0.25, 0.3) is 0 Å². The first-order valence-electron chi connectivity index (χ1n) is 2.47. The van der Waals surface area contributed by atoms with Crippen molar-refractivity contribution in [3.63, 3.8) is 0 Å². The molecule has 1 atom stereocenters. The molecular weight excluding hydrogens is 92.1 g/mol. The van der Waals surface area contributed by atoms with Crippen molar-refractivity contribution in [2.75, 3.05) is 19.7 Å². The van der Waals surface area contributed by atoms with E-state index >= 15 is 0 Å². The Bertz CT molecular complexity index is 51.7. The Morgan fingerprint density at radius 2 is 2.57 bits per heavy atom. The molecule has 0 radical (unpaired) electrons. The van der Waals surface area contributed by atoms with Gasteiger partial charge in [0.1, 0.15) is 6.23 Å². The summed E-state index contributed by atoms with van der Waals surface area (Å²) in [6.07, 6.45) is -0.0752. The van der Waals surface area contributed by atoms with Crippen LogP contribution in [0.5, 0.6) is 0 Å². The molecule has 42 valence electrons. The summed E-state index contributed by atoms with van der Waals surface area (Å²) in [4.78, 5) is 0. The first-order valence-corrected chi connectivity index (χ1v) is 2.47. The average Bonchev–Trinajstić information content (AvgIpc) is 1.69. The molecule has 0 amide bonds. The van der Waals surface area contributed by atoms with Gasteiger partial charge in [-0.25, -0.2) is 0 Å². The molecule has 3 heteroatoms. The molecule has 0 aromatic heterocycles. The topological polar surface area (TPSA) is 47.3 Å². The third-order valence-electron chi connectivity index (χ3n) is 0.956. The van der Waals surface area contributed by atoms with E-state index in [0.717, 1.165) is 19.7 Å². The van der Waals surface area contributed by atoms with E-state index in [4.69, 9.17) is 10.5 Å². The summed E-state index contributed by atoms with van der Waals surface area (Å²) in [7, 11) is 0. The SMILES string of the molecule is N[C@@H]1CNCCO1. The van der Waals surface area contributed by atoms with Gasteiger partial charge in [-0.3, -0.25) is 0 Å². The van der Waals surface area contributed by atoms with E-state index in [-0.39, 0.29) is 6.23 Å². The zero-order valence-electron chi connectivity index (χ0n) is 4.18. The van der Waals surface area contributed by atoms with Gasteiger partial charge in [0.05, 0.1) is 6.61 Å². The number of nitrogens with one attached hydrogen (secondary N) is 1. The van der Waals surface area contributed by atoms with E-state index in [9.17, 15) is 0 Å². The molecular formula is C4H10N2O. The summed E-state index contributed by atoms with van der Waals surface area (Å²) in [6.45, 7) is 2.48. The Balaban J connectivity index is 2.12. The number of rotatable bonds is 0. The van der Waals surface area contributed by atoms with Gasteiger partial charge in [-0.05, 0) is 0 Å². The van der Waals surface area contributed by atoms with Crippen LogP contribution >= 0.6 is 0 Å². The summed E-state index contributed by atoms with van der Waals surface area (Å²) < 4.78 is 4.99. The minimum absolute atomic E-state index is 0.0752. The molecule has 1 rings (SSSR count). The summed E-state index contributed by atoms with van der Waals surface area (Å²) in [6, 6.07) is 0. The highest BCUT2D eigenvalue weighted by Gasteiger charge is 2.05. The quantitative estimate of drug-likeness (QED) is 0.408. The van der Waals surface area contributed by atoms with Gasteiger partial charge in [-0.1, -0.05) is 0 Å². The number of ether oxygens (including phenoxy) is 1. The minimum atomic E-state index is -0.0752. The van der Waals surface area contributed by atoms with E-state index in [1.807, 2.05) is 0 Å². The van der Waals surface area contributed by atoms with Crippen LogP contribution < -0.4 is 11.1 Å². The predicted molar refractivity (Wildman–Crippen MR) is 26.8 cm³/mol. The number of hydrogen-bond donors (Lipinski definition) is 2. The van der Waals surface area contributed by atoms with E-state index in [2.05, 4.69) is 5.32 Å². The Kier molecular flexibility index (Phi) is 1.62. The molecule has 0 saturated carbocycles. The molecule has 0 spiro atoms. The lowest BCUT2D eigenvalue weighted by atomic mass is 10.5. The fraction of sp³-hybridized carbons (Fsp3) is 1.00. The summed E-state index contributed by atoms with van der Waals surface area (Å²) >= 11 is 0. The average molecular weight is 102 g/mol. The van der Waals surface area contributed by atoms with E-state index < -0.39 is 0 Å². The first kappa shape index (κ1) is 5.03. The minimum Gasteiger partial charge on any atom is -0.361 e. The highest BCUT2D eigenvalue weighted by atomic mass is 16.5. The van der Waals surface area contributed by atoms with Crippen LogP contribution in [0.15, 0.2) is 0 Å². The number of nitrogens with two attached hydrogens (primary N) is 1. The molecule has 1 saturated heterocycles. The van der Waals surface area contributed by atoms with Crippen LogP contribution in [0.3, 0.4) is 0 Å². The zero-order valence-corrected chi connectivity index (χ0v) is 4.18. The summed E-state index contributed by atoms with van der Waals surface area (Å²) in [5, 5.41) is 3.08. The maximum absolute atomic E-state index is 5.35.